The molecule has 4 nitrogen and oxygen atoms in total. The molecule has 4 N–H and O–H groups in total. The second-order valence-corrected chi connectivity index (χ2v) is 4.42. The molecule has 1 aromatic rings. The number of rotatable bonds is 5. The summed E-state index contributed by atoms with van der Waals surface area (Å²) in [6.45, 7) is -0.200. The fourth-order valence-electron chi connectivity index (χ4n) is 1.17. The van der Waals surface area contributed by atoms with Crippen molar-refractivity contribution in [2.45, 2.75) is 5.51 Å². The summed E-state index contributed by atoms with van der Waals surface area (Å²) in [5.74, 6) is -0.921. The molecule has 18 heavy (non-hydrogen) atoms. The third-order valence-corrected chi connectivity index (χ3v) is 2.58. The van der Waals surface area contributed by atoms with Gasteiger partial charge in [0.1, 0.15) is 5.75 Å². The van der Waals surface area contributed by atoms with Crippen molar-refractivity contribution in [1.29, 1.82) is 0 Å². The maximum absolute atomic E-state index is 11.9. The number of ether oxygens (including phenoxy) is 1. The van der Waals surface area contributed by atoms with Crippen LogP contribution < -0.4 is 16.2 Å². The summed E-state index contributed by atoms with van der Waals surface area (Å²) < 4.78 is 40.7. The highest BCUT2D eigenvalue weighted by atomic mass is 32.2. The predicted octanol–water partition coefficient (Wildman–Crippen LogP) is 2.00. The molecule has 0 unspecified atom stereocenters. The van der Waals surface area contributed by atoms with Gasteiger partial charge in [0, 0.05) is 17.5 Å². The van der Waals surface area contributed by atoms with Crippen molar-refractivity contribution in [2.75, 3.05) is 18.1 Å². The summed E-state index contributed by atoms with van der Waals surface area (Å²) in [4.78, 5) is 11.0. The first kappa shape index (κ1) is 14.5. The Kier molecular flexibility index (Phi) is 4.71. The molecule has 8 heteroatoms. The molecule has 1 amide bonds. The van der Waals surface area contributed by atoms with Crippen molar-refractivity contribution in [2.24, 2.45) is 5.73 Å². The van der Waals surface area contributed by atoms with E-state index < -0.39 is 11.4 Å². The Morgan fingerprint density at radius 2 is 2.06 bits per heavy atom. The Hall–Kier alpha value is -1.57. The van der Waals surface area contributed by atoms with Crippen LogP contribution in [0.1, 0.15) is 10.4 Å². The standard InChI is InChI=1S/C10H11F3N2O2S/c11-10(12,13)18-4-3-17-8-5-6(14)1-2-7(8)9(15)16/h1-2,5H,3-4,14H2,(H2,15,16). The number of alkyl halides is 3. The minimum Gasteiger partial charge on any atom is -0.492 e. The Labute approximate surface area is 105 Å². The molecule has 0 saturated heterocycles. The first-order valence-electron chi connectivity index (χ1n) is 4.82. The van der Waals surface area contributed by atoms with Gasteiger partial charge in [-0.2, -0.15) is 13.2 Å². The van der Waals surface area contributed by atoms with E-state index in [4.69, 9.17) is 16.2 Å². The first-order chi connectivity index (χ1) is 8.29. The number of carbonyl (C=O) groups is 1. The van der Waals surface area contributed by atoms with Crippen molar-refractivity contribution in [3.63, 3.8) is 0 Å². The predicted molar refractivity (Wildman–Crippen MR) is 63.4 cm³/mol. The summed E-state index contributed by atoms with van der Waals surface area (Å²) in [6, 6.07) is 4.17. The number of hydrogen-bond donors (Lipinski definition) is 2. The summed E-state index contributed by atoms with van der Waals surface area (Å²) in [6.07, 6.45) is 0. The molecule has 1 rings (SSSR count). The van der Waals surface area contributed by atoms with E-state index >= 15 is 0 Å². The lowest BCUT2D eigenvalue weighted by Crippen LogP contribution is -2.14. The third kappa shape index (κ3) is 4.74. The van der Waals surface area contributed by atoms with Gasteiger partial charge in [-0.15, -0.1) is 0 Å². The number of primary amides is 1. The lowest BCUT2D eigenvalue weighted by Gasteiger charge is -2.11. The zero-order chi connectivity index (χ0) is 13.8. The van der Waals surface area contributed by atoms with Crippen LogP contribution in [-0.2, 0) is 0 Å². The Morgan fingerprint density at radius 1 is 1.39 bits per heavy atom. The van der Waals surface area contributed by atoms with Crippen LogP contribution >= 0.6 is 11.8 Å². The normalized spacial score (nSPS) is 11.3. The van der Waals surface area contributed by atoms with Crippen LogP contribution in [0.3, 0.4) is 0 Å². The Morgan fingerprint density at radius 3 is 2.61 bits per heavy atom. The van der Waals surface area contributed by atoms with Crippen molar-refractivity contribution in [1.82, 2.24) is 0 Å². The number of halogens is 3. The van der Waals surface area contributed by atoms with Crippen molar-refractivity contribution in [3.8, 4) is 5.75 Å². The number of thioether (sulfide) groups is 1. The lowest BCUT2D eigenvalue weighted by molar-refractivity contribution is -0.0329. The molecular formula is C10H11F3N2O2S. The van der Waals surface area contributed by atoms with Crippen molar-refractivity contribution < 1.29 is 22.7 Å². The van der Waals surface area contributed by atoms with Gasteiger partial charge in [-0.1, -0.05) is 0 Å². The third-order valence-electron chi connectivity index (χ3n) is 1.88. The minimum absolute atomic E-state index is 0.0845. The van der Waals surface area contributed by atoms with E-state index in [1.807, 2.05) is 0 Å². The second-order valence-electron chi connectivity index (χ2n) is 3.26. The highest BCUT2D eigenvalue weighted by Gasteiger charge is 2.27. The summed E-state index contributed by atoms with van der Waals surface area (Å²) in [5, 5.41) is 0. The monoisotopic (exact) mass is 280 g/mol. The molecule has 0 spiro atoms. The van der Waals surface area contributed by atoms with Crippen LogP contribution in [0.5, 0.6) is 5.75 Å². The number of amides is 1. The maximum Gasteiger partial charge on any atom is 0.441 e. The highest BCUT2D eigenvalue weighted by Crippen LogP contribution is 2.30. The number of hydrogen-bond acceptors (Lipinski definition) is 4. The summed E-state index contributed by atoms with van der Waals surface area (Å²) in [5.41, 5.74) is 6.69. The molecule has 0 bridgehead atoms. The zero-order valence-corrected chi connectivity index (χ0v) is 9.98. The molecular weight excluding hydrogens is 269 g/mol. The van der Waals surface area contributed by atoms with Gasteiger partial charge in [0.2, 0.25) is 0 Å². The van der Waals surface area contributed by atoms with Crippen LogP contribution in [0.4, 0.5) is 18.9 Å². The average molecular weight is 280 g/mol. The molecule has 0 heterocycles. The smallest absolute Gasteiger partial charge is 0.441 e. The first-order valence-corrected chi connectivity index (χ1v) is 5.81. The van der Waals surface area contributed by atoms with Crippen LogP contribution in [0.25, 0.3) is 0 Å². The highest BCUT2D eigenvalue weighted by molar-refractivity contribution is 8.00. The van der Waals surface area contributed by atoms with Gasteiger partial charge in [0.05, 0.1) is 12.2 Å². The van der Waals surface area contributed by atoms with E-state index in [0.717, 1.165) is 0 Å². The molecule has 0 saturated carbocycles. The van der Waals surface area contributed by atoms with Gasteiger partial charge < -0.3 is 16.2 Å². The van der Waals surface area contributed by atoms with Gasteiger partial charge in [-0.05, 0) is 23.9 Å². The fraction of sp³-hybridized carbons (Fsp3) is 0.300. The van der Waals surface area contributed by atoms with Crippen LogP contribution in [0.2, 0.25) is 0 Å². The summed E-state index contributed by atoms with van der Waals surface area (Å²) in [7, 11) is 0. The van der Waals surface area contributed by atoms with Crippen LogP contribution in [-0.4, -0.2) is 23.8 Å². The van der Waals surface area contributed by atoms with Gasteiger partial charge >= 0.3 is 5.51 Å². The number of carbonyl (C=O) groups excluding carboxylic acids is 1. The van der Waals surface area contributed by atoms with Gasteiger partial charge in [0.25, 0.3) is 5.91 Å². The van der Waals surface area contributed by atoms with Gasteiger partial charge in [-0.3, -0.25) is 4.79 Å². The number of benzene rings is 1. The van der Waals surface area contributed by atoms with E-state index in [-0.39, 0.29) is 35.4 Å². The summed E-state index contributed by atoms with van der Waals surface area (Å²) >= 11 is -0.201. The average Bonchev–Trinajstić information content (AvgIpc) is 2.22. The van der Waals surface area contributed by atoms with Crippen molar-refractivity contribution in [3.05, 3.63) is 23.8 Å². The van der Waals surface area contributed by atoms with Gasteiger partial charge in [0.15, 0.2) is 0 Å². The molecule has 0 atom stereocenters. The molecule has 100 valence electrons. The quantitative estimate of drug-likeness (QED) is 0.638. The van der Waals surface area contributed by atoms with E-state index in [9.17, 15) is 18.0 Å². The SMILES string of the molecule is NC(=O)c1ccc(N)cc1OCCSC(F)(F)F. The van der Waals surface area contributed by atoms with E-state index in [1.54, 1.807) is 0 Å². The molecule has 0 aliphatic heterocycles. The lowest BCUT2D eigenvalue weighted by atomic mass is 10.2. The molecule has 0 aromatic heterocycles. The zero-order valence-electron chi connectivity index (χ0n) is 9.16. The van der Waals surface area contributed by atoms with E-state index in [2.05, 4.69) is 0 Å². The molecule has 0 aliphatic carbocycles. The topological polar surface area (TPSA) is 78.3 Å². The number of anilines is 1. The molecule has 0 radical (unpaired) electrons. The fourth-order valence-corrected chi connectivity index (χ4v) is 1.57. The molecule has 0 aliphatic rings. The Balaban J connectivity index is 2.61. The molecule has 0 fully saturated rings. The second kappa shape index (κ2) is 5.85. The minimum atomic E-state index is -4.30. The van der Waals surface area contributed by atoms with Crippen LogP contribution in [0, 0.1) is 0 Å². The largest absolute Gasteiger partial charge is 0.492 e. The molecule has 1 aromatic carbocycles. The number of nitrogens with two attached hydrogens (primary N) is 2. The maximum atomic E-state index is 11.9. The van der Waals surface area contributed by atoms with Gasteiger partial charge in [-0.25, -0.2) is 0 Å². The van der Waals surface area contributed by atoms with E-state index in [0.29, 0.717) is 5.69 Å². The Bertz CT molecular complexity index is 438. The van der Waals surface area contributed by atoms with Crippen molar-refractivity contribution >= 4 is 23.4 Å². The van der Waals surface area contributed by atoms with Crippen LogP contribution in [0.15, 0.2) is 18.2 Å². The number of nitrogen functional groups attached to an aromatic ring is 1. The van der Waals surface area contributed by atoms with E-state index in [1.165, 1.54) is 18.2 Å².